The van der Waals surface area contributed by atoms with Crippen LogP contribution in [0.4, 0.5) is 5.69 Å². The number of nitrogens with zero attached hydrogens (tertiary/aromatic N) is 1. The Kier molecular flexibility index (Phi) is 3.61. The van der Waals surface area contributed by atoms with E-state index in [1.807, 2.05) is 0 Å². The molecule has 0 radical (unpaired) electrons. The third kappa shape index (κ3) is 2.71. The van der Waals surface area contributed by atoms with Crippen molar-refractivity contribution in [2.75, 3.05) is 31.1 Å². The zero-order valence-corrected chi connectivity index (χ0v) is 10.1. The third-order valence-electron chi connectivity index (χ3n) is 2.59. The van der Waals surface area contributed by atoms with Crippen LogP contribution < -0.4 is 10.6 Å². The van der Waals surface area contributed by atoms with Crippen molar-refractivity contribution in [1.29, 1.82) is 0 Å². The van der Waals surface area contributed by atoms with Crippen LogP contribution in [0.25, 0.3) is 0 Å². The molecule has 82 valence electrons. The van der Waals surface area contributed by atoms with Crippen LogP contribution in [0, 0.1) is 0 Å². The van der Waals surface area contributed by atoms with E-state index in [2.05, 4.69) is 45.1 Å². The first kappa shape index (κ1) is 10.9. The van der Waals surface area contributed by atoms with E-state index in [-0.39, 0.29) is 6.10 Å². The molecule has 1 heterocycles. The van der Waals surface area contributed by atoms with E-state index >= 15 is 0 Å². The van der Waals surface area contributed by atoms with E-state index in [4.69, 9.17) is 10.5 Å². The van der Waals surface area contributed by atoms with E-state index in [0.29, 0.717) is 6.54 Å². The Morgan fingerprint density at radius 1 is 1.40 bits per heavy atom. The molecule has 0 aromatic heterocycles. The fourth-order valence-corrected chi connectivity index (χ4v) is 2.01. The highest BCUT2D eigenvalue weighted by molar-refractivity contribution is 9.10. The maximum absolute atomic E-state index is 5.61. The van der Waals surface area contributed by atoms with Gasteiger partial charge < -0.3 is 15.4 Å². The molecule has 0 bridgehead atoms. The lowest BCUT2D eigenvalue weighted by atomic mass is 10.2. The Bertz CT molecular complexity index is 315. The van der Waals surface area contributed by atoms with Crippen LogP contribution in [0.15, 0.2) is 28.7 Å². The van der Waals surface area contributed by atoms with Crippen LogP contribution in [-0.4, -0.2) is 32.3 Å². The standard InChI is InChI=1S/C11H15BrN2O/c12-9-1-3-10(4-2-9)14-5-6-15-11(7-13)8-14/h1-4,11H,5-8,13H2/t11-/m0/s1. The summed E-state index contributed by atoms with van der Waals surface area (Å²) in [5, 5.41) is 0. The Balaban J connectivity index is 2.06. The number of ether oxygens (including phenoxy) is 1. The lowest BCUT2D eigenvalue weighted by Crippen LogP contribution is -2.45. The molecule has 1 atom stereocenters. The summed E-state index contributed by atoms with van der Waals surface area (Å²) in [7, 11) is 0. The van der Waals surface area contributed by atoms with Crippen molar-refractivity contribution in [2.24, 2.45) is 5.73 Å². The first-order valence-electron chi connectivity index (χ1n) is 5.12. The molecular formula is C11H15BrN2O. The van der Waals surface area contributed by atoms with Crippen molar-refractivity contribution in [2.45, 2.75) is 6.10 Å². The maximum Gasteiger partial charge on any atom is 0.0872 e. The quantitative estimate of drug-likeness (QED) is 0.888. The molecular weight excluding hydrogens is 256 g/mol. The SMILES string of the molecule is NC[C@H]1CN(c2ccc(Br)cc2)CCO1. The summed E-state index contributed by atoms with van der Waals surface area (Å²) in [5.74, 6) is 0. The summed E-state index contributed by atoms with van der Waals surface area (Å²) in [5.41, 5.74) is 6.84. The number of benzene rings is 1. The fraction of sp³-hybridized carbons (Fsp3) is 0.455. The van der Waals surface area contributed by atoms with Gasteiger partial charge in [0.25, 0.3) is 0 Å². The zero-order chi connectivity index (χ0) is 10.7. The van der Waals surface area contributed by atoms with Crippen LogP contribution in [0.2, 0.25) is 0 Å². The third-order valence-corrected chi connectivity index (χ3v) is 3.12. The van der Waals surface area contributed by atoms with Gasteiger partial charge in [-0.15, -0.1) is 0 Å². The molecule has 15 heavy (non-hydrogen) atoms. The van der Waals surface area contributed by atoms with Crippen molar-refractivity contribution in [3.63, 3.8) is 0 Å². The number of hydrogen-bond acceptors (Lipinski definition) is 3. The van der Waals surface area contributed by atoms with Gasteiger partial charge >= 0.3 is 0 Å². The van der Waals surface area contributed by atoms with Crippen molar-refractivity contribution in [3.8, 4) is 0 Å². The van der Waals surface area contributed by atoms with Gasteiger partial charge in [-0.05, 0) is 24.3 Å². The number of anilines is 1. The van der Waals surface area contributed by atoms with E-state index < -0.39 is 0 Å². The van der Waals surface area contributed by atoms with Crippen LogP contribution in [0.3, 0.4) is 0 Å². The lowest BCUT2D eigenvalue weighted by molar-refractivity contribution is 0.0466. The molecule has 0 saturated carbocycles. The highest BCUT2D eigenvalue weighted by Crippen LogP contribution is 2.20. The van der Waals surface area contributed by atoms with Crippen LogP contribution in [0.5, 0.6) is 0 Å². The molecule has 0 unspecified atom stereocenters. The Morgan fingerprint density at radius 3 is 2.80 bits per heavy atom. The monoisotopic (exact) mass is 270 g/mol. The number of hydrogen-bond donors (Lipinski definition) is 1. The summed E-state index contributed by atoms with van der Waals surface area (Å²) in [6, 6.07) is 8.34. The molecule has 2 rings (SSSR count). The molecule has 0 amide bonds. The minimum absolute atomic E-state index is 0.169. The van der Waals surface area contributed by atoms with Gasteiger partial charge in [-0.3, -0.25) is 0 Å². The molecule has 2 N–H and O–H groups in total. The summed E-state index contributed by atoms with van der Waals surface area (Å²) in [6.45, 7) is 3.18. The molecule has 1 aromatic rings. The van der Waals surface area contributed by atoms with Crippen molar-refractivity contribution >= 4 is 21.6 Å². The summed E-state index contributed by atoms with van der Waals surface area (Å²) in [6.07, 6.45) is 0.169. The van der Waals surface area contributed by atoms with Crippen LogP contribution in [-0.2, 0) is 4.74 Å². The Hall–Kier alpha value is -0.580. The highest BCUT2D eigenvalue weighted by Gasteiger charge is 2.18. The Morgan fingerprint density at radius 2 is 2.13 bits per heavy atom. The predicted octanol–water partition coefficient (Wildman–Crippen LogP) is 1.61. The van der Waals surface area contributed by atoms with Gasteiger partial charge in [0.2, 0.25) is 0 Å². The van der Waals surface area contributed by atoms with Gasteiger partial charge in [0.05, 0.1) is 12.7 Å². The highest BCUT2D eigenvalue weighted by atomic mass is 79.9. The van der Waals surface area contributed by atoms with Gasteiger partial charge in [0.1, 0.15) is 0 Å². The van der Waals surface area contributed by atoms with Crippen LogP contribution >= 0.6 is 15.9 Å². The molecule has 0 spiro atoms. The van der Waals surface area contributed by atoms with E-state index in [9.17, 15) is 0 Å². The summed E-state index contributed by atoms with van der Waals surface area (Å²) in [4.78, 5) is 2.31. The summed E-state index contributed by atoms with van der Waals surface area (Å²) < 4.78 is 6.63. The van der Waals surface area contributed by atoms with E-state index in [1.165, 1.54) is 5.69 Å². The molecule has 1 fully saturated rings. The van der Waals surface area contributed by atoms with Crippen molar-refractivity contribution in [3.05, 3.63) is 28.7 Å². The van der Waals surface area contributed by atoms with Gasteiger partial charge in [-0.2, -0.15) is 0 Å². The molecule has 1 aliphatic rings. The summed E-state index contributed by atoms with van der Waals surface area (Å²) >= 11 is 3.43. The number of morpholine rings is 1. The first-order chi connectivity index (χ1) is 7.29. The van der Waals surface area contributed by atoms with Gasteiger partial charge in [0, 0.05) is 29.8 Å². The Labute approximate surface area is 98.3 Å². The molecule has 1 aromatic carbocycles. The molecule has 3 nitrogen and oxygen atoms in total. The first-order valence-corrected chi connectivity index (χ1v) is 5.91. The van der Waals surface area contributed by atoms with Gasteiger partial charge in [0.15, 0.2) is 0 Å². The average molecular weight is 271 g/mol. The zero-order valence-electron chi connectivity index (χ0n) is 8.53. The second-order valence-electron chi connectivity index (χ2n) is 3.65. The van der Waals surface area contributed by atoms with E-state index in [0.717, 1.165) is 24.2 Å². The second kappa shape index (κ2) is 4.96. The van der Waals surface area contributed by atoms with E-state index in [1.54, 1.807) is 0 Å². The van der Waals surface area contributed by atoms with Gasteiger partial charge in [-0.25, -0.2) is 0 Å². The smallest absolute Gasteiger partial charge is 0.0872 e. The largest absolute Gasteiger partial charge is 0.373 e. The van der Waals surface area contributed by atoms with Gasteiger partial charge in [-0.1, -0.05) is 15.9 Å². The topological polar surface area (TPSA) is 38.5 Å². The number of nitrogens with two attached hydrogens (primary N) is 1. The lowest BCUT2D eigenvalue weighted by Gasteiger charge is -2.34. The van der Waals surface area contributed by atoms with Crippen molar-refractivity contribution in [1.82, 2.24) is 0 Å². The number of halogens is 1. The molecule has 0 aliphatic carbocycles. The fourth-order valence-electron chi connectivity index (χ4n) is 1.75. The minimum atomic E-state index is 0.169. The normalized spacial score (nSPS) is 21.7. The molecule has 1 saturated heterocycles. The maximum atomic E-state index is 5.61. The number of rotatable bonds is 2. The molecule has 4 heteroatoms. The average Bonchev–Trinajstić information content (AvgIpc) is 2.30. The predicted molar refractivity (Wildman–Crippen MR) is 65.1 cm³/mol. The molecule has 1 aliphatic heterocycles. The second-order valence-corrected chi connectivity index (χ2v) is 4.57. The minimum Gasteiger partial charge on any atom is -0.373 e. The van der Waals surface area contributed by atoms with Crippen molar-refractivity contribution < 1.29 is 4.74 Å². The van der Waals surface area contributed by atoms with Crippen LogP contribution in [0.1, 0.15) is 0 Å².